The first-order valence-electron chi connectivity index (χ1n) is 22.2. The van der Waals surface area contributed by atoms with E-state index >= 15 is 0 Å². The highest BCUT2D eigenvalue weighted by Gasteiger charge is 2.59. The second-order valence-corrected chi connectivity index (χ2v) is 17.7. The number of ether oxygens (including phenoxy) is 9. The minimum Gasteiger partial charge on any atom is -0.463 e. The normalized spacial score (nSPS) is 25.2. The van der Waals surface area contributed by atoms with Crippen LogP contribution in [0.5, 0.6) is 0 Å². The van der Waals surface area contributed by atoms with Gasteiger partial charge >= 0.3 is 41.8 Å². The Morgan fingerprint density at radius 2 is 0.806 bits per heavy atom. The van der Waals surface area contributed by atoms with Gasteiger partial charge in [-0.1, -0.05) is 53.7 Å². The van der Waals surface area contributed by atoms with Crippen molar-refractivity contribution in [1.82, 2.24) is 9.80 Å². The van der Waals surface area contributed by atoms with Crippen LogP contribution in [0, 0.1) is 6.92 Å². The van der Waals surface area contributed by atoms with Gasteiger partial charge in [-0.05, 0) is 43.3 Å². The molecule has 0 spiro atoms. The molecule has 3 aromatic carbocycles. The third-order valence-corrected chi connectivity index (χ3v) is 12.3. The predicted molar refractivity (Wildman–Crippen MR) is 243 cm³/mol. The Labute approximate surface area is 415 Å². The third kappa shape index (κ3) is 12.3. The van der Waals surface area contributed by atoms with Gasteiger partial charge < -0.3 is 42.6 Å². The summed E-state index contributed by atoms with van der Waals surface area (Å²) < 4.78 is 49.3. The lowest BCUT2D eigenvalue weighted by Gasteiger charge is -2.47. The molecule has 72 heavy (non-hydrogen) atoms. The van der Waals surface area contributed by atoms with Crippen molar-refractivity contribution in [3.8, 4) is 0 Å². The quantitative estimate of drug-likeness (QED) is 0.135. The van der Waals surface area contributed by atoms with Crippen LogP contribution in [0.3, 0.4) is 0 Å². The molecule has 10 atom stereocenters. The SMILES string of the molecule is CC(=O)OCC1OC(OC(C)=O)C(N2C(=O)c3ccccc3C2=O)C(OC(C)=O)C1OC(C)=O.CC(=O)OCC1OC(Sc2ccc(C)cc2)C(N2C(=O)c3ccccc3C2=O)C(OC(C)=O)C1OC(C)=O. The number of aryl methyl sites for hydroxylation is 1. The van der Waals surface area contributed by atoms with Gasteiger partial charge in [-0.15, -0.1) is 0 Å². The Kier molecular flexibility index (Phi) is 17.3. The molecule has 10 unspecified atom stereocenters. The summed E-state index contributed by atoms with van der Waals surface area (Å²) in [7, 11) is 0. The van der Waals surface area contributed by atoms with Crippen molar-refractivity contribution < 1.29 is 95.4 Å². The topological polar surface area (TPSA) is 277 Å². The van der Waals surface area contributed by atoms with Crippen molar-refractivity contribution in [1.29, 1.82) is 0 Å². The number of amides is 4. The summed E-state index contributed by atoms with van der Waals surface area (Å²) in [6.07, 6.45) is -9.45. The molecule has 0 radical (unpaired) electrons. The number of nitrogens with zero attached hydrogens (tertiary/aromatic N) is 2. The molecule has 7 rings (SSSR count). The first kappa shape index (κ1) is 53.8. The fourth-order valence-electron chi connectivity index (χ4n) is 8.38. The zero-order valence-electron chi connectivity index (χ0n) is 40.1. The van der Waals surface area contributed by atoms with Gasteiger partial charge in [0.2, 0.25) is 6.29 Å². The zero-order valence-corrected chi connectivity index (χ0v) is 40.9. The highest BCUT2D eigenvalue weighted by molar-refractivity contribution is 7.99. The van der Waals surface area contributed by atoms with Crippen LogP contribution in [0.4, 0.5) is 0 Å². The fraction of sp³-hybridized carbons (Fsp3) is 0.408. The lowest BCUT2D eigenvalue weighted by molar-refractivity contribution is -0.278. The minimum absolute atomic E-state index is 0.0849. The van der Waals surface area contributed by atoms with E-state index < -0.39 is 132 Å². The number of imide groups is 2. The Morgan fingerprint density at radius 3 is 1.18 bits per heavy atom. The number of hydrogen-bond donors (Lipinski definition) is 0. The largest absolute Gasteiger partial charge is 0.463 e. The van der Waals surface area contributed by atoms with Gasteiger partial charge in [0.1, 0.15) is 42.9 Å². The van der Waals surface area contributed by atoms with Crippen LogP contribution in [0.2, 0.25) is 0 Å². The molecule has 0 aliphatic carbocycles. The number of hydrogen-bond acceptors (Lipinski definition) is 21. The molecule has 2 saturated heterocycles. The van der Waals surface area contributed by atoms with Crippen molar-refractivity contribution in [2.75, 3.05) is 13.2 Å². The van der Waals surface area contributed by atoms with Crippen molar-refractivity contribution >= 4 is 77.2 Å². The monoisotopic (exact) mass is 1020 g/mol. The predicted octanol–water partition coefficient (Wildman–Crippen LogP) is 3.27. The van der Waals surface area contributed by atoms with Crippen LogP contribution in [0.25, 0.3) is 0 Å². The number of thioether (sulfide) groups is 1. The standard InChI is InChI=1S/C27H27NO9S.C22H23NO11/c1-14-9-11-18(12-10-14)38-27-22(28-25(32)19-7-5-6-8-20(19)26(28)33)24(36-17(4)31)23(35-16(3)30)21(37-27)13-34-15(2)29;1-10(24)30-9-16-18(31-11(2)25)19(32-12(3)26)17(22(34-16)33-13(4)27)23-20(28)14-7-5-6-8-15(14)21(23)29/h5-12,21-24,27H,13H2,1-4H3;5-8,16-19,22H,9H2,1-4H3. The molecule has 4 amide bonds. The molecular formula is C49H50N2O20S. The van der Waals surface area contributed by atoms with Crippen LogP contribution in [-0.4, -0.2) is 149 Å². The third-order valence-electron chi connectivity index (χ3n) is 11.1. The van der Waals surface area contributed by atoms with Gasteiger partial charge in [-0.3, -0.25) is 62.5 Å². The molecule has 0 aromatic heterocycles. The summed E-state index contributed by atoms with van der Waals surface area (Å²) in [6.45, 7) is 9.07. The van der Waals surface area contributed by atoms with E-state index in [1.54, 1.807) is 24.3 Å². The molecule has 4 aliphatic rings. The van der Waals surface area contributed by atoms with Crippen LogP contribution >= 0.6 is 11.8 Å². The zero-order chi connectivity index (χ0) is 52.7. The van der Waals surface area contributed by atoms with E-state index in [0.717, 1.165) is 54.9 Å². The van der Waals surface area contributed by atoms with E-state index in [2.05, 4.69) is 0 Å². The van der Waals surface area contributed by atoms with Crippen LogP contribution in [0.1, 0.15) is 95.5 Å². The second-order valence-electron chi connectivity index (χ2n) is 16.6. The smallest absolute Gasteiger partial charge is 0.305 e. The molecule has 22 nitrogen and oxygen atoms in total. The van der Waals surface area contributed by atoms with Gasteiger partial charge in [0.15, 0.2) is 24.4 Å². The summed E-state index contributed by atoms with van der Waals surface area (Å²) in [6, 6.07) is 17.1. The van der Waals surface area contributed by atoms with E-state index in [1.807, 2.05) is 31.2 Å². The molecule has 23 heteroatoms. The number of rotatable bonds is 13. The van der Waals surface area contributed by atoms with Crippen molar-refractivity contribution in [2.24, 2.45) is 0 Å². The van der Waals surface area contributed by atoms with E-state index in [4.69, 9.17) is 42.6 Å². The van der Waals surface area contributed by atoms with Gasteiger partial charge in [0, 0.05) is 53.4 Å². The molecular weight excluding hydrogens is 969 g/mol. The lowest BCUT2D eigenvalue weighted by Crippen LogP contribution is -2.67. The first-order valence-corrected chi connectivity index (χ1v) is 23.1. The van der Waals surface area contributed by atoms with Crippen molar-refractivity contribution in [2.45, 2.75) is 121 Å². The highest BCUT2D eigenvalue weighted by Crippen LogP contribution is 2.41. The van der Waals surface area contributed by atoms with Crippen LogP contribution in [-0.2, 0) is 76.2 Å². The summed E-state index contributed by atoms with van der Waals surface area (Å²) in [5, 5.41) is 0. The maximum absolute atomic E-state index is 13.5. The molecule has 3 aromatic rings. The number of carbonyl (C=O) groups excluding carboxylic acids is 11. The van der Waals surface area contributed by atoms with E-state index in [0.29, 0.717) is 0 Å². The molecule has 0 saturated carbocycles. The summed E-state index contributed by atoms with van der Waals surface area (Å²) in [5.41, 5.74) is 0.616. The molecule has 2 fully saturated rings. The maximum Gasteiger partial charge on any atom is 0.305 e. The van der Waals surface area contributed by atoms with Gasteiger partial charge in [-0.2, -0.15) is 0 Å². The van der Waals surface area contributed by atoms with Gasteiger partial charge in [-0.25, -0.2) is 0 Å². The van der Waals surface area contributed by atoms with E-state index in [1.165, 1.54) is 49.9 Å². The van der Waals surface area contributed by atoms with Crippen molar-refractivity contribution in [3.63, 3.8) is 0 Å². The Balaban J connectivity index is 0.000000237. The number of fused-ring (bicyclic) bond motifs is 2. The van der Waals surface area contributed by atoms with E-state index in [-0.39, 0.29) is 28.9 Å². The number of esters is 7. The average molecular weight is 1020 g/mol. The van der Waals surface area contributed by atoms with Crippen LogP contribution < -0.4 is 0 Å². The maximum atomic E-state index is 13.5. The van der Waals surface area contributed by atoms with E-state index in [9.17, 15) is 52.7 Å². The fourth-order valence-corrected chi connectivity index (χ4v) is 9.56. The Bertz CT molecular complexity index is 2580. The summed E-state index contributed by atoms with van der Waals surface area (Å²) in [4.78, 5) is 139. The Hall–Kier alpha value is -7.50. The molecule has 0 bridgehead atoms. The van der Waals surface area contributed by atoms with Crippen LogP contribution in [0.15, 0.2) is 77.7 Å². The lowest BCUT2D eigenvalue weighted by atomic mass is 9.94. The molecule has 382 valence electrons. The Morgan fingerprint density at radius 1 is 0.458 bits per heavy atom. The highest BCUT2D eigenvalue weighted by atomic mass is 32.2. The summed E-state index contributed by atoms with van der Waals surface area (Å²) in [5.74, 6) is -7.85. The number of benzene rings is 3. The van der Waals surface area contributed by atoms with Gasteiger partial charge in [0.25, 0.3) is 23.6 Å². The molecule has 0 N–H and O–H groups in total. The molecule has 4 aliphatic heterocycles. The average Bonchev–Trinajstić information content (AvgIpc) is 3.70. The first-order chi connectivity index (χ1) is 34.1. The second kappa shape index (κ2) is 23.2. The minimum atomic E-state index is -1.63. The molecule has 4 heterocycles. The van der Waals surface area contributed by atoms with Crippen molar-refractivity contribution in [3.05, 3.63) is 101 Å². The number of carbonyl (C=O) groups is 11. The summed E-state index contributed by atoms with van der Waals surface area (Å²) >= 11 is 1.20. The van der Waals surface area contributed by atoms with Gasteiger partial charge in [0.05, 0.1) is 22.3 Å².